The number of rotatable bonds is 2. The van der Waals surface area contributed by atoms with E-state index >= 15 is 0 Å². The van der Waals surface area contributed by atoms with Gasteiger partial charge in [-0.2, -0.15) is 0 Å². The first-order valence-corrected chi connectivity index (χ1v) is 10.1. The fraction of sp³-hybridized carbons (Fsp3) is 0.556. The van der Waals surface area contributed by atoms with Gasteiger partial charge in [-0.1, -0.05) is 6.07 Å². The Balaban J connectivity index is 1.36. The first-order chi connectivity index (χ1) is 13.0. The largest absolute Gasteiger partial charge is 0.342 e. The molecule has 4 heterocycles. The van der Waals surface area contributed by atoms with Gasteiger partial charge in [0.2, 0.25) is 5.91 Å². The van der Waals surface area contributed by atoms with Crippen LogP contribution in [0.2, 0.25) is 0 Å². The summed E-state index contributed by atoms with van der Waals surface area (Å²) < 4.78 is 0. The Morgan fingerprint density at radius 3 is 2.56 bits per heavy atom. The van der Waals surface area contributed by atoms with Gasteiger partial charge in [0.05, 0.1) is 10.8 Å². The highest BCUT2D eigenvalue weighted by atomic mass is 32.1. The molecule has 1 aromatic rings. The molecule has 0 aromatic carbocycles. The topological polar surface area (TPSA) is 98.8 Å². The van der Waals surface area contributed by atoms with Gasteiger partial charge in [0, 0.05) is 26.2 Å². The molecule has 0 saturated carbocycles. The molecule has 0 aliphatic carbocycles. The molecule has 4 rings (SSSR count). The van der Waals surface area contributed by atoms with Crippen molar-refractivity contribution >= 4 is 35.1 Å². The molecular weight excluding hydrogens is 368 g/mol. The second-order valence-corrected chi connectivity index (χ2v) is 8.33. The minimum atomic E-state index is -0.873. The number of piperidine rings is 2. The molecule has 144 valence electrons. The molecular formula is C18H22N4O4S. The lowest BCUT2D eigenvalue weighted by molar-refractivity contribution is -0.140. The van der Waals surface area contributed by atoms with E-state index in [0.717, 1.165) is 12.8 Å². The van der Waals surface area contributed by atoms with E-state index in [-0.39, 0.29) is 23.6 Å². The number of carbonyl (C=O) groups excluding carboxylic acids is 4. The third-order valence-electron chi connectivity index (χ3n) is 5.73. The highest BCUT2D eigenvalue weighted by molar-refractivity contribution is 7.12. The van der Waals surface area contributed by atoms with Gasteiger partial charge < -0.3 is 15.1 Å². The summed E-state index contributed by atoms with van der Waals surface area (Å²) in [6, 6.07) is 3.20. The van der Waals surface area contributed by atoms with Gasteiger partial charge in [-0.3, -0.25) is 19.7 Å². The van der Waals surface area contributed by atoms with Gasteiger partial charge in [-0.05, 0) is 37.1 Å². The zero-order chi connectivity index (χ0) is 19.0. The lowest BCUT2D eigenvalue weighted by Gasteiger charge is -2.40. The van der Waals surface area contributed by atoms with Crippen molar-refractivity contribution < 1.29 is 19.2 Å². The molecule has 1 unspecified atom stereocenters. The number of imide groups is 1. The lowest BCUT2D eigenvalue weighted by Crippen LogP contribution is -2.57. The Hall–Kier alpha value is -2.42. The quantitative estimate of drug-likeness (QED) is 0.730. The van der Waals surface area contributed by atoms with Crippen LogP contribution in [0, 0.1) is 5.92 Å². The molecule has 9 heteroatoms. The number of carbonyl (C=O) groups is 4. The van der Waals surface area contributed by atoms with E-state index in [4.69, 9.17) is 0 Å². The van der Waals surface area contributed by atoms with Crippen LogP contribution in [-0.4, -0.2) is 65.3 Å². The number of hydrogen-bond donors (Lipinski definition) is 2. The van der Waals surface area contributed by atoms with Crippen LogP contribution in [0.15, 0.2) is 17.5 Å². The molecule has 1 atom stereocenters. The number of hydrogen-bond acceptors (Lipinski definition) is 5. The van der Waals surface area contributed by atoms with Gasteiger partial charge >= 0.3 is 6.03 Å². The summed E-state index contributed by atoms with van der Waals surface area (Å²) in [5, 5.41) is 6.86. The second kappa shape index (κ2) is 6.95. The number of likely N-dealkylation sites (tertiary alicyclic amines) is 2. The van der Waals surface area contributed by atoms with E-state index in [1.807, 2.05) is 17.5 Å². The Morgan fingerprint density at radius 2 is 1.93 bits per heavy atom. The summed E-state index contributed by atoms with van der Waals surface area (Å²) in [4.78, 5) is 53.2. The number of nitrogens with zero attached hydrogens (tertiary/aromatic N) is 2. The van der Waals surface area contributed by atoms with E-state index in [0.29, 0.717) is 43.9 Å². The number of thiophene rings is 1. The van der Waals surface area contributed by atoms with E-state index in [1.54, 1.807) is 9.80 Å². The normalized spacial score (nSPS) is 24.7. The van der Waals surface area contributed by atoms with Crippen molar-refractivity contribution in [2.75, 3.05) is 26.2 Å². The summed E-state index contributed by atoms with van der Waals surface area (Å²) in [5.41, 5.74) is -0.873. The first kappa shape index (κ1) is 18.0. The van der Waals surface area contributed by atoms with Crippen molar-refractivity contribution in [2.24, 2.45) is 5.92 Å². The van der Waals surface area contributed by atoms with Crippen molar-refractivity contribution in [1.82, 2.24) is 20.4 Å². The Labute approximate surface area is 160 Å². The van der Waals surface area contributed by atoms with Gasteiger partial charge in [-0.15, -0.1) is 11.3 Å². The SMILES string of the molecule is O=C1NC(=O)C2(CCN(C(=O)C3CCCN(C(=O)c4cccs4)C3)CC2)N1. The molecule has 3 aliphatic heterocycles. The van der Waals surface area contributed by atoms with Crippen LogP contribution in [-0.2, 0) is 9.59 Å². The fourth-order valence-electron chi connectivity index (χ4n) is 4.17. The Morgan fingerprint density at radius 1 is 1.15 bits per heavy atom. The number of amides is 5. The van der Waals surface area contributed by atoms with Crippen LogP contribution < -0.4 is 10.6 Å². The maximum absolute atomic E-state index is 13.0. The average Bonchev–Trinajstić information content (AvgIpc) is 3.30. The van der Waals surface area contributed by atoms with Crippen LogP contribution >= 0.6 is 11.3 Å². The van der Waals surface area contributed by atoms with Crippen LogP contribution in [0.4, 0.5) is 4.79 Å². The van der Waals surface area contributed by atoms with Gasteiger partial charge in [0.15, 0.2) is 0 Å². The van der Waals surface area contributed by atoms with E-state index in [9.17, 15) is 19.2 Å². The number of urea groups is 1. The third kappa shape index (κ3) is 3.31. The van der Waals surface area contributed by atoms with Crippen molar-refractivity contribution in [3.63, 3.8) is 0 Å². The molecule has 0 radical (unpaired) electrons. The molecule has 0 bridgehead atoms. The lowest BCUT2D eigenvalue weighted by atomic mass is 9.86. The fourth-order valence-corrected chi connectivity index (χ4v) is 4.86. The van der Waals surface area contributed by atoms with Crippen molar-refractivity contribution in [3.8, 4) is 0 Å². The minimum Gasteiger partial charge on any atom is -0.342 e. The molecule has 1 aromatic heterocycles. The average molecular weight is 390 g/mol. The molecule has 3 saturated heterocycles. The van der Waals surface area contributed by atoms with E-state index < -0.39 is 11.6 Å². The highest BCUT2D eigenvalue weighted by Gasteiger charge is 2.48. The summed E-state index contributed by atoms with van der Waals surface area (Å²) >= 11 is 1.41. The van der Waals surface area contributed by atoms with Crippen LogP contribution in [0.1, 0.15) is 35.4 Å². The van der Waals surface area contributed by atoms with Crippen molar-refractivity contribution in [1.29, 1.82) is 0 Å². The molecule has 8 nitrogen and oxygen atoms in total. The smallest absolute Gasteiger partial charge is 0.322 e. The Bertz CT molecular complexity index is 770. The molecule has 2 N–H and O–H groups in total. The zero-order valence-corrected chi connectivity index (χ0v) is 15.7. The predicted octanol–water partition coefficient (Wildman–Crippen LogP) is 0.801. The van der Waals surface area contributed by atoms with Crippen molar-refractivity contribution in [2.45, 2.75) is 31.2 Å². The summed E-state index contributed by atoms with van der Waals surface area (Å²) in [6.45, 7) is 1.98. The van der Waals surface area contributed by atoms with E-state index in [2.05, 4.69) is 10.6 Å². The summed E-state index contributed by atoms with van der Waals surface area (Å²) in [7, 11) is 0. The minimum absolute atomic E-state index is 0.00886. The third-order valence-corrected chi connectivity index (χ3v) is 6.59. The highest BCUT2D eigenvalue weighted by Crippen LogP contribution is 2.28. The van der Waals surface area contributed by atoms with Crippen LogP contribution in [0.25, 0.3) is 0 Å². The molecule has 5 amide bonds. The van der Waals surface area contributed by atoms with E-state index in [1.165, 1.54) is 11.3 Å². The molecule has 3 aliphatic rings. The summed E-state index contributed by atoms with van der Waals surface area (Å²) in [6.07, 6.45) is 2.41. The maximum atomic E-state index is 13.0. The molecule has 3 fully saturated rings. The molecule has 27 heavy (non-hydrogen) atoms. The molecule has 1 spiro atoms. The van der Waals surface area contributed by atoms with Gasteiger partial charge in [0.25, 0.3) is 11.8 Å². The number of nitrogens with one attached hydrogen (secondary N) is 2. The van der Waals surface area contributed by atoms with Crippen LogP contribution in [0.5, 0.6) is 0 Å². The zero-order valence-electron chi connectivity index (χ0n) is 14.9. The Kier molecular flexibility index (Phi) is 4.63. The van der Waals surface area contributed by atoms with Crippen molar-refractivity contribution in [3.05, 3.63) is 22.4 Å². The van der Waals surface area contributed by atoms with Gasteiger partial charge in [-0.25, -0.2) is 4.79 Å². The first-order valence-electron chi connectivity index (χ1n) is 9.24. The predicted molar refractivity (Wildman–Crippen MR) is 98.2 cm³/mol. The maximum Gasteiger partial charge on any atom is 0.322 e. The van der Waals surface area contributed by atoms with Gasteiger partial charge in [0.1, 0.15) is 5.54 Å². The monoisotopic (exact) mass is 390 g/mol. The second-order valence-electron chi connectivity index (χ2n) is 7.38. The standard InChI is InChI=1S/C18H22N4O4S/c23-14(21-8-5-18(6-9-21)16(25)19-17(26)20-18)12-3-1-7-22(11-12)15(24)13-4-2-10-27-13/h2,4,10,12H,1,3,5-9,11H2,(H2,19,20,25,26). The van der Waals surface area contributed by atoms with Crippen LogP contribution in [0.3, 0.4) is 0 Å². The summed E-state index contributed by atoms with van der Waals surface area (Å²) in [5.74, 6) is -0.475.